The van der Waals surface area contributed by atoms with Gasteiger partial charge in [0.2, 0.25) is 0 Å². The van der Waals surface area contributed by atoms with Crippen molar-refractivity contribution in [1.82, 2.24) is 0 Å². The summed E-state index contributed by atoms with van der Waals surface area (Å²) in [6.45, 7) is 2.30. The summed E-state index contributed by atoms with van der Waals surface area (Å²) in [7, 11) is 0. The topological polar surface area (TPSA) is 0 Å². The maximum Gasteiger partial charge on any atom is 0.164 e. The predicted octanol–water partition coefficient (Wildman–Crippen LogP) is 11.2. The summed E-state index contributed by atoms with van der Waals surface area (Å²) in [6.07, 6.45) is 26.6. The second kappa shape index (κ2) is 14.6. The van der Waals surface area contributed by atoms with Crippen LogP contribution in [0.25, 0.3) is 5.57 Å². The Morgan fingerprint density at radius 1 is 0.703 bits per heavy atom. The minimum Gasteiger partial charge on any atom is -0.239 e. The molecule has 0 radical (unpaired) electrons. The third kappa shape index (κ3) is 8.79. The van der Waals surface area contributed by atoms with E-state index in [1.165, 1.54) is 115 Å². The Kier molecular flexibility index (Phi) is 11.3. The van der Waals surface area contributed by atoms with Crippen molar-refractivity contribution in [1.29, 1.82) is 0 Å². The number of unbranched alkanes of at least 4 members (excludes halogenated alkanes) is 4. The molecule has 3 aliphatic carbocycles. The van der Waals surface area contributed by atoms with E-state index in [2.05, 4.69) is 6.92 Å². The van der Waals surface area contributed by atoms with Gasteiger partial charge in [-0.2, -0.15) is 0 Å². The monoisotopic (exact) mass is 510 g/mol. The van der Waals surface area contributed by atoms with Crippen LogP contribution in [-0.2, 0) is 0 Å². The summed E-state index contributed by atoms with van der Waals surface area (Å²) in [6, 6.07) is 9.72. The maximum absolute atomic E-state index is 15.5. The van der Waals surface area contributed by atoms with E-state index in [0.717, 1.165) is 35.3 Å². The van der Waals surface area contributed by atoms with Gasteiger partial charge in [0.15, 0.2) is 11.8 Å². The van der Waals surface area contributed by atoms with Crippen LogP contribution in [0.2, 0.25) is 0 Å². The van der Waals surface area contributed by atoms with Crippen molar-refractivity contribution in [3.8, 4) is 0 Å². The molecule has 0 saturated heterocycles. The second-order valence-electron chi connectivity index (χ2n) is 12.7. The average molecular weight is 511 g/mol. The zero-order valence-electron chi connectivity index (χ0n) is 23.5. The van der Waals surface area contributed by atoms with E-state index >= 15 is 4.39 Å². The van der Waals surface area contributed by atoms with Crippen LogP contribution >= 0.6 is 0 Å². The van der Waals surface area contributed by atoms with Crippen LogP contribution in [0, 0.1) is 23.7 Å². The fourth-order valence-corrected chi connectivity index (χ4v) is 7.27. The summed E-state index contributed by atoms with van der Waals surface area (Å²) < 4.78 is 30.3. The first-order valence-corrected chi connectivity index (χ1v) is 15.8. The van der Waals surface area contributed by atoms with Crippen molar-refractivity contribution in [3.63, 3.8) is 0 Å². The van der Waals surface area contributed by atoms with Crippen LogP contribution in [0.4, 0.5) is 8.78 Å². The van der Waals surface area contributed by atoms with Gasteiger partial charge < -0.3 is 0 Å². The highest BCUT2D eigenvalue weighted by Gasteiger charge is 2.39. The van der Waals surface area contributed by atoms with Crippen molar-refractivity contribution in [2.45, 2.75) is 134 Å². The molecule has 1 aromatic rings. The SMILES string of the molecule is CCCCCCCC1CCC(CCC2CCC(CCC3(F)C=CC(c4ccccc4)=CC3F)CC2)CC1. The Balaban J connectivity index is 1.08. The highest BCUT2D eigenvalue weighted by Crippen LogP contribution is 2.41. The van der Waals surface area contributed by atoms with Gasteiger partial charge in [0.1, 0.15) is 0 Å². The highest BCUT2D eigenvalue weighted by atomic mass is 19.2. The van der Waals surface area contributed by atoms with Crippen molar-refractivity contribution in [2.24, 2.45) is 23.7 Å². The first kappa shape index (κ1) is 28.6. The van der Waals surface area contributed by atoms with Gasteiger partial charge in [-0.25, -0.2) is 8.78 Å². The van der Waals surface area contributed by atoms with Crippen LogP contribution in [0.1, 0.15) is 128 Å². The van der Waals surface area contributed by atoms with Gasteiger partial charge in [-0.3, -0.25) is 0 Å². The Hall–Kier alpha value is -1.44. The normalized spacial score (nSPS) is 32.3. The molecule has 0 aliphatic heterocycles. The number of alkyl halides is 2. The van der Waals surface area contributed by atoms with Gasteiger partial charge in [0.05, 0.1) is 0 Å². The summed E-state index contributed by atoms with van der Waals surface area (Å²) in [5.74, 6) is 3.41. The van der Waals surface area contributed by atoms with E-state index in [-0.39, 0.29) is 0 Å². The molecule has 0 bridgehead atoms. The Morgan fingerprint density at radius 3 is 1.81 bits per heavy atom. The molecule has 0 aromatic heterocycles. The molecule has 0 heterocycles. The molecular formula is C35H52F2. The van der Waals surface area contributed by atoms with Crippen molar-refractivity contribution in [3.05, 3.63) is 54.1 Å². The Labute approximate surface area is 226 Å². The van der Waals surface area contributed by atoms with E-state index in [9.17, 15) is 4.39 Å². The molecule has 3 aliphatic rings. The molecule has 2 fully saturated rings. The minimum atomic E-state index is -1.84. The van der Waals surface area contributed by atoms with Crippen LogP contribution in [0.15, 0.2) is 48.6 Å². The zero-order chi connectivity index (χ0) is 25.9. The lowest BCUT2D eigenvalue weighted by Gasteiger charge is -2.33. The number of halogens is 2. The van der Waals surface area contributed by atoms with E-state index in [0.29, 0.717) is 12.3 Å². The molecule has 0 amide bonds. The largest absolute Gasteiger partial charge is 0.239 e. The number of allylic oxidation sites excluding steroid dienone is 4. The number of hydrogen-bond acceptors (Lipinski definition) is 0. The molecule has 37 heavy (non-hydrogen) atoms. The molecule has 0 nitrogen and oxygen atoms in total. The Bertz CT molecular complexity index is 826. The average Bonchev–Trinajstić information content (AvgIpc) is 2.94. The van der Waals surface area contributed by atoms with Crippen LogP contribution in [0.5, 0.6) is 0 Å². The van der Waals surface area contributed by atoms with Crippen LogP contribution in [0.3, 0.4) is 0 Å². The molecule has 2 heteroatoms. The van der Waals surface area contributed by atoms with Crippen molar-refractivity contribution < 1.29 is 8.78 Å². The first-order chi connectivity index (χ1) is 18.1. The maximum atomic E-state index is 15.5. The summed E-state index contributed by atoms with van der Waals surface area (Å²) in [5.41, 5.74) is -0.103. The van der Waals surface area contributed by atoms with Crippen molar-refractivity contribution in [2.75, 3.05) is 0 Å². The number of hydrogen-bond donors (Lipinski definition) is 0. The quantitative estimate of drug-likeness (QED) is 0.231. The van der Waals surface area contributed by atoms with E-state index in [4.69, 9.17) is 0 Å². The number of benzene rings is 1. The van der Waals surface area contributed by atoms with Crippen LogP contribution < -0.4 is 0 Å². The second-order valence-corrected chi connectivity index (χ2v) is 12.7. The predicted molar refractivity (Wildman–Crippen MR) is 155 cm³/mol. The van der Waals surface area contributed by atoms with Crippen LogP contribution in [-0.4, -0.2) is 11.8 Å². The fourth-order valence-electron chi connectivity index (χ4n) is 7.27. The molecule has 4 rings (SSSR count). The van der Waals surface area contributed by atoms with E-state index in [1.807, 2.05) is 30.3 Å². The molecule has 0 spiro atoms. The molecule has 2 unspecified atom stereocenters. The summed E-state index contributed by atoms with van der Waals surface area (Å²) in [5, 5.41) is 0. The molecular weight excluding hydrogens is 458 g/mol. The van der Waals surface area contributed by atoms with Gasteiger partial charge >= 0.3 is 0 Å². The summed E-state index contributed by atoms with van der Waals surface area (Å²) in [4.78, 5) is 0. The molecule has 1 aromatic carbocycles. The van der Waals surface area contributed by atoms with E-state index in [1.54, 1.807) is 6.08 Å². The van der Waals surface area contributed by atoms with Crippen molar-refractivity contribution >= 4 is 5.57 Å². The molecule has 2 atom stereocenters. The zero-order valence-corrected chi connectivity index (χ0v) is 23.5. The van der Waals surface area contributed by atoms with E-state index < -0.39 is 11.8 Å². The standard InChI is InChI=1S/C35H52F2/c1-2-3-4-5-7-10-28-13-15-29(16-14-28)17-18-30-19-21-31(22-20-30)23-25-35(37)26-24-33(27-34(35)36)32-11-8-6-9-12-32/h6,8-9,11-12,24,26-31,34H,2-5,7,10,13-23,25H2,1H3. The highest BCUT2D eigenvalue weighted by molar-refractivity contribution is 5.76. The van der Waals surface area contributed by atoms with Gasteiger partial charge in [-0.1, -0.05) is 146 Å². The number of rotatable bonds is 13. The third-order valence-electron chi connectivity index (χ3n) is 10.00. The first-order valence-electron chi connectivity index (χ1n) is 15.8. The molecule has 0 N–H and O–H groups in total. The fraction of sp³-hybridized carbons (Fsp3) is 0.714. The van der Waals surface area contributed by atoms with Gasteiger partial charge in [-0.15, -0.1) is 0 Å². The van der Waals surface area contributed by atoms with Gasteiger partial charge in [-0.05, 0) is 59.8 Å². The lowest BCUT2D eigenvalue weighted by Crippen LogP contribution is -2.34. The molecule has 2 saturated carbocycles. The lowest BCUT2D eigenvalue weighted by atomic mass is 9.73. The third-order valence-corrected chi connectivity index (χ3v) is 10.00. The van der Waals surface area contributed by atoms with Gasteiger partial charge in [0.25, 0.3) is 0 Å². The minimum absolute atomic E-state index is 0.306. The van der Waals surface area contributed by atoms with Gasteiger partial charge in [0, 0.05) is 0 Å². The molecule has 206 valence electrons. The lowest BCUT2D eigenvalue weighted by molar-refractivity contribution is 0.101. The Morgan fingerprint density at radius 2 is 1.24 bits per heavy atom. The summed E-state index contributed by atoms with van der Waals surface area (Å²) >= 11 is 0. The smallest absolute Gasteiger partial charge is 0.164 e.